The van der Waals surface area contributed by atoms with Crippen LogP contribution in [0.2, 0.25) is 0 Å². The molecule has 0 N–H and O–H groups in total. The predicted molar refractivity (Wildman–Crippen MR) is 418 cm³/mol. The van der Waals surface area contributed by atoms with Crippen molar-refractivity contribution in [2.75, 3.05) is 0 Å². The van der Waals surface area contributed by atoms with Gasteiger partial charge in [-0.05, 0) is 206 Å². The first-order valence-electron chi connectivity index (χ1n) is 33.9. The number of nitrogens with zero attached hydrogens (tertiary/aromatic N) is 2. The van der Waals surface area contributed by atoms with E-state index in [1.54, 1.807) is 0 Å². The molecule has 3 heteroatoms. The first-order chi connectivity index (χ1) is 49.1. The fourth-order valence-corrected chi connectivity index (χ4v) is 15.0. The third kappa shape index (κ3) is 10.9. The van der Waals surface area contributed by atoms with Gasteiger partial charge in [-0.2, -0.15) is 0 Å². The van der Waals surface area contributed by atoms with Crippen molar-refractivity contribution >= 4 is 64.9 Å². The van der Waals surface area contributed by atoms with E-state index in [0.717, 1.165) is 22.6 Å². The van der Waals surface area contributed by atoms with Crippen molar-refractivity contribution in [2.45, 2.75) is 0 Å². The minimum atomic E-state index is 0.855. The van der Waals surface area contributed by atoms with Crippen molar-refractivity contribution < 1.29 is 4.42 Å². The molecule has 19 aromatic rings. The van der Waals surface area contributed by atoms with Crippen molar-refractivity contribution in [2.24, 2.45) is 0 Å². The summed E-state index contributed by atoms with van der Waals surface area (Å²) in [5.74, 6) is 1.72. The zero-order valence-corrected chi connectivity index (χ0v) is 54.3. The van der Waals surface area contributed by atoms with Crippen LogP contribution in [0.5, 0.6) is 0 Å². The van der Waals surface area contributed by atoms with E-state index in [9.17, 15) is 0 Å². The summed E-state index contributed by atoms with van der Waals surface area (Å²) in [4.78, 5) is 0. The lowest BCUT2D eigenvalue weighted by Crippen LogP contribution is -1.93. The van der Waals surface area contributed by atoms with E-state index < -0.39 is 0 Å². The number of hydrogen-bond donors (Lipinski definition) is 0. The molecular formula is C96H64N2O. The normalized spacial score (nSPS) is 11.4. The van der Waals surface area contributed by atoms with Crippen LogP contribution in [-0.4, -0.2) is 9.13 Å². The Morgan fingerprint density at radius 3 is 0.889 bits per heavy atom. The third-order valence-corrected chi connectivity index (χ3v) is 19.7. The van der Waals surface area contributed by atoms with Gasteiger partial charge >= 0.3 is 0 Å². The van der Waals surface area contributed by atoms with Gasteiger partial charge in [0.15, 0.2) is 0 Å². The van der Waals surface area contributed by atoms with Gasteiger partial charge in [-0.15, -0.1) is 0 Å². The summed E-state index contributed by atoms with van der Waals surface area (Å²) in [5, 5.41) is 12.3. The van der Waals surface area contributed by atoms with Gasteiger partial charge in [0.25, 0.3) is 0 Å². The number of fused-ring (bicyclic) bond motifs is 6. The smallest absolute Gasteiger partial charge is 0.134 e. The Morgan fingerprint density at radius 1 is 0.172 bits per heavy atom. The summed E-state index contributed by atoms with van der Waals surface area (Å²) >= 11 is 0. The zero-order chi connectivity index (χ0) is 65.6. The number of aromatic nitrogens is 2. The molecule has 3 nitrogen and oxygen atoms in total. The van der Waals surface area contributed by atoms with Gasteiger partial charge in [-0.1, -0.05) is 291 Å². The molecule has 0 spiro atoms. The molecule has 19 rings (SSSR count). The van der Waals surface area contributed by atoms with E-state index in [1.165, 1.54) is 154 Å². The lowest BCUT2D eigenvalue weighted by molar-refractivity contribution is 0.597. The Morgan fingerprint density at radius 2 is 0.455 bits per heavy atom. The summed E-state index contributed by atoms with van der Waals surface area (Å²) in [6, 6.07) is 135. The second-order valence-electron chi connectivity index (χ2n) is 25.5. The van der Waals surface area contributed by atoms with Crippen LogP contribution in [0, 0.1) is 0 Å². The maximum atomic E-state index is 6.47. The maximum Gasteiger partial charge on any atom is 0.134 e. The number of benzene rings is 16. The molecule has 464 valence electrons. The Hall–Kier alpha value is -13.1. The van der Waals surface area contributed by atoms with Crippen LogP contribution in [-0.2, 0) is 0 Å². The standard InChI is InChI=1S/C48H32N2.C48H32O/c1-4-12-33(13-5-1)34-20-23-43-44(32-34)48(38-22-25-46-36(31-38)27-29-50(46)40-16-8-3-9-17-40)42-19-11-10-18-41(42)47(43)37-21-24-45-35(30-37)26-28-49(45)39-14-6-2-7-15-39;1-4-12-33(13-5-1)35-20-24-38(25-21-35)47-41-18-10-11-19-42(41)48(39-26-22-36(23-27-39)34-14-6-2-7-15-34)44-32-40(28-29-43(44)47)46-31-30-45(49-46)37-16-8-3-9-17-37/h1-32H;1-32H. The molecule has 0 aliphatic carbocycles. The van der Waals surface area contributed by atoms with E-state index in [4.69, 9.17) is 4.42 Å². The van der Waals surface area contributed by atoms with Crippen LogP contribution in [0.25, 0.3) is 177 Å². The fourth-order valence-electron chi connectivity index (χ4n) is 15.0. The Labute approximate surface area is 575 Å². The lowest BCUT2D eigenvalue weighted by Gasteiger charge is -2.19. The highest BCUT2D eigenvalue weighted by atomic mass is 16.3. The summed E-state index contributed by atoms with van der Waals surface area (Å²) in [5.41, 5.74) is 24.0. The molecule has 3 heterocycles. The number of furan rings is 1. The van der Waals surface area contributed by atoms with Gasteiger partial charge in [0.05, 0.1) is 11.0 Å². The third-order valence-electron chi connectivity index (χ3n) is 19.7. The summed E-state index contributed by atoms with van der Waals surface area (Å²) in [6.07, 6.45) is 4.36. The molecule has 0 radical (unpaired) electrons. The second-order valence-corrected chi connectivity index (χ2v) is 25.5. The van der Waals surface area contributed by atoms with Crippen molar-refractivity contribution in [3.8, 4) is 112 Å². The molecule has 0 bridgehead atoms. The second kappa shape index (κ2) is 25.2. The van der Waals surface area contributed by atoms with Crippen LogP contribution >= 0.6 is 0 Å². The molecule has 3 aromatic heterocycles. The van der Waals surface area contributed by atoms with Crippen molar-refractivity contribution in [3.63, 3.8) is 0 Å². The van der Waals surface area contributed by atoms with E-state index in [1.807, 2.05) is 18.2 Å². The van der Waals surface area contributed by atoms with E-state index >= 15 is 0 Å². The van der Waals surface area contributed by atoms with Crippen LogP contribution in [0.4, 0.5) is 0 Å². The van der Waals surface area contributed by atoms with Crippen molar-refractivity contribution in [1.82, 2.24) is 9.13 Å². The van der Waals surface area contributed by atoms with Crippen LogP contribution in [0.15, 0.2) is 393 Å². The minimum Gasteiger partial charge on any atom is -0.456 e. The fraction of sp³-hybridized carbons (Fsp3) is 0. The molecular weight excluding hydrogens is 1200 g/mol. The van der Waals surface area contributed by atoms with Crippen LogP contribution < -0.4 is 0 Å². The van der Waals surface area contributed by atoms with Gasteiger partial charge < -0.3 is 13.6 Å². The SMILES string of the molecule is c1ccc(-c2ccc(-c3c4ccccc4c(-c4ccc(-c5ccccc5)cc4)c4cc(-c5ccc(-c6ccccc6)o5)ccc34)cc2)cc1.c1ccc(-c2ccc3c(-c4ccc5c(ccn5-c5ccccc5)c4)c4ccccc4c(-c4ccc5c(ccn5-c5ccccc5)c4)c3c2)cc1. The maximum absolute atomic E-state index is 6.47. The number of hydrogen-bond acceptors (Lipinski definition) is 1. The van der Waals surface area contributed by atoms with Gasteiger partial charge in [-0.25, -0.2) is 0 Å². The molecule has 0 unspecified atom stereocenters. The zero-order valence-electron chi connectivity index (χ0n) is 54.3. The number of para-hydroxylation sites is 2. The molecule has 0 atom stereocenters. The monoisotopic (exact) mass is 1260 g/mol. The van der Waals surface area contributed by atoms with E-state index in [-0.39, 0.29) is 0 Å². The van der Waals surface area contributed by atoms with E-state index in [2.05, 4.69) is 379 Å². The molecule has 99 heavy (non-hydrogen) atoms. The molecule has 0 aliphatic rings. The summed E-state index contributed by atoms with van der Waals surface area (Å²) < 4.78 is 11.0. The first-order valence-corrected chi connectivity index (χ1v) is 33.9. The van der Waals surface area contributed by atoms with Crippen molar-refractivity contribution in [1.29, 1.82) is 0 Å². The highest BCUT2D eigenvalue weighted by Crippen LogP contribution is 2.48. The summed E-state index contributed by atoms with van der Waals surface area (Å²) in [6.45, 7) is 0. The highest BCUT2D eigenvalue weighted by Gasteiger charge is 2.22. The van der Waals surface area contributed by atoms with Gasteiger partial charge in [0, 0.05) is 45.7 Å². The molecule has 0 fully saturated rings. The van der Waals surface area contributed by atoms with Gasteiger partial charge in [0.1, 0.15) is 11.5 Å². The van der Waals surface area contributed by atoms with Gasteiger partial charge in [0.2, 0.25) is 0 Å². The molecule has 16 aromatic carbocycles. The molecule has 0 saturated carbocycles. The average Bonchev–Trinajstić information content (AvgIpc) is 1.42. The minimum absolute atomic E-state index is 0.855. The predicted octanol–water partition coefficient (Wildman–Crippen LogP) is 26.5. The topological polar surface area (TPSA) is 23.0 Å². The first kappa shape index (κ1) is 58.5. The quantitative estimate of drug-likeness (QED) is 0.118. The molecule has 0 amide bonds. The molecule has 0 aliphatic heterocycles. The summed E-state index contributed by atoms with van der Waals surface area (Å²) in [7, 11) is 0. The van der Waals surface area contributed by atoms with Crippen LogP contribution in [0.1, 0.15) is 0 Å². The Balaban J connectivity index is 0.000000143. The number of rotatable bonds is 11. The van der Waals surface area contributed by atoms with Crippen LogP contribution in [0.3, 0.4) is 0 Å². The van der Waals surface area contributed by atoms with Gasteiger partial charge in [-0.3, -0.25) is 0 Å². The molecule has 0 saturated heterocycles. The van der Waals surface area contributed by atoms with E-state index in [0.29, 0.717) is 0 Å². The average molecular weight is 1260 g/mol. The van der Waals surface area contributed by atoms with Crippen molar-refractivity contribution in [3.05, 3.63) is 389 Å². The lowest BCUT2D eigenvalue weighted by atomic mass is 9.84. The highest BCUT2D eigenvalue weighted by molar-refractivity contribution is 6.24. The Kier molecular flexibility index (Phi) is 14.9. The largest absolute Gasteiger partial charge is 0.456 e. The Bertz CT molecular complexity index is 6150.